The minimum Gasteiger partial charge on any atom is -0.381 e. The number of guanidine groups is 1. The minimum absolute atomic E-state index is 0. The molecular weight excluding hydrogens is 373 g/mol. The summed E-state index contributed by atoms with van der Waals surface area (Å²) in [6.45, 7) is 3.86. The summed E-state index contributed by atoms with van der Waals surface area (Å²) >= 11 is 1.91. The van der Waals surface area contributed by atoms with Gasteiger partial charge in [-0.05, 0) is 31.3 Å². The molecule has 0 aromatic carbocycles. The first-order valence-electron chi connectivity index (χ1n) is 6.76. The number of nitrogens with one attached hydrogen (secondary N) is 1. The summed E-state index contributed by atoms with van der Waals surface area (Å²) in [5.74, 6) is 2.91. The number of unbranched alkanes of at least 4 members (excludes halogenated alkanes) is 1. The van der Waals surface area contributed by atoms with Crippen molar-refractivity contribution in [2.75, 3.05) is 52.4 Å². The lowest BCUT2D eigenvalue weighted by atomic mass is 10.1. The van der Waals surface area contributed by atoms with E-state index in [9.17, 15) is 0 Å². The number of aliphatic imine (C=N–C) groups is 1. The first kappa shape index (κ1) is 19.3. The molecule has 0 aromatic rings. The summed E-state index contributed by atoms with van der Waals surface area (Å²) < 4.78 is 5.41. The van der Waals surface area contributed by atoms with Gasteiger partial charge in [-0.3, -0.25) is 4.99 Å². The third kappa shape index (κ3) is 8.24. The largest absolute Gasteiger partial charge is 0.381 e. The number of thioether (sulfide) groups is 1. The molecule has 0 aliphatic carbocycles. The fourth-order valence-corrected chi connectivity index (χ4v) is 2.65. The molecule has 1 atom stereocenters. The van der Waals surface area contributed by atoms with Crippen molar-refractivity contribution in [3.8, 4) is 0 Å². The van der Waals surface area contributed by atoms with Crippen LogP contribution < -0.4 is 5.32 Å². The Morgan fingerprint density at radius 1 is 1.47 bits per heavy atom. The van der Waals surface area contributed by atoms with Gasteiger partial charge in [0.05, 0.1) is 6.61 Å². The number of hydrogen-bond acceptors (Lipinski definition) is 3. The molecule has 0 amide bonds. The fourth-order valence-electron chi connectivity index (χ4n) is 2.16. The smallest absolute Gasteiger partial charge is 0.193 e. The Morgan fingerprint density at radius 3 is 2.84 bits per heavy atom. The van der Waals surface area contributed by atoms with Crippen molar-refractivity contribution in [2.24, 2.45) is 10.9 Å². The van der Waals surface area contributed by atoms with Gasteiger partial charge >= 0.3 is 0 Å². The van der Waals surface area contributed by atoms with Crippen LogP contribution in [0.25, 0.3) is 0 Å². The van der Waals surface area contributed by atoms with Gasteiger partial charge < -0.3 is 15.0 Å². The first-order valence-corrected chi connectivity index (χ1v) is 8.15. The third-order valence-corrected chi connectivity index (χ3v) is 3.88. The second-order valence-corrected chi connectivity index (χ2v) is 5.77. The molecule has 0 aromatic heterocycles. The van der Waals surface area contributed by atoms with Crippen LogP contribution in [0.15, 0.2) is 4.99 Å². The summed E-state index contributed by atoms with van der Waals surface area (Å²) in [6.07, 6.45) is 5.81. The lowest BCUT2D eigenvalue weighted by molar-refractivity contribution is 0.181. The van der Waals surface area contributed by atoms with Crippen LogP contribution in [0.5, 0.6) is 0 Å². The van der Waals surface area contributed by atoms with E-state index in [1.807, 2.05) is 18.8 Å². The molecular formula is C13H28IN3OS. The highest BCUT2D eigenvalue weighted by Gasteiger charge is 2.18. The number of ether oxygens (including phenoxy) is 1. The van der Waals surface area contributed by atoms with Crippen molar-refractivity contribution in [3.05, 3.63) is 0 Å². The highest BCUT2D eigenvalue weighted by Crippen LogP contribution is 2.13. The Bertz CT molecular complexity index is 248. The van der Waals surface area contributed by atoms with Crippen LogP contribution in [0.1, 0.15) is 19.3 Å². The molecule has 1 rings (SSSR count). The lowest BCUT2D eigenvalue weighted by Crippen LogP contribution is -2.41. The molecule has 114 valence electrons. The maximum atomic E-state index is 5.41. The van der Waals surface area contributed by atoms with E-state index >= 15 is 0 Å². The van der Waals surface area contributed by atoms with E-state index in [2.05, 4.69) is 28.5 Å². The second-order valence-electron chi connectivity index (χ2n) is 4.78. The Labute approximate surface area is 139 Å². The zero-order valence-electron chi connectivity index (χ0n) is 12.4. The molecule has 1 fully saturated rings. The van der Waals surface area contributed by atoms with Crippen molar-refractivity contribution in [1.82, 2.24) is 10.2 Å². The Hall–Kier alpha value is 0.310. The zero-order chi connectivity index (χ0) is 13.2. The Morgan fingerprint density at radius 2 is 2.26 bits per heavy atom. The maximum Gasteiger partial charge on any atom is 0.193 e. The normalized spacial score (nSPS) is 19.1. The average Bonchev–Trinajstić information content (AvgIpc) is 2.86. The zero-order valence-corrected chi connectivity index (χ0v) is 15.5. The van der Waals surface area contributed by atoms with E-state index in [4.69, 9.17) is 4.74 Å². The van der Waals surface area contributed by atoms with Crippen molar-refractivity contribution in [2.45, 2.75) is 19.3 Å². The summed E-state index contributed by atoms with van der Waals surface area (Å²) in [6, 6.07) is 0. The van der Waals surface area contributed by atoms with Gasteiger partial charge in [-0.25, -0.2) is 0 Å². The minimum atomic E-state index is 0. The number of rotatable bonds is 7. The predicted molar refractivity (Wildman–Crippen MR) is 95.9 cm³/mol. The molecule has 0 saturated carbocycles. The molecule has 1 unspecified atom stereocenters. The molecule has 0 spiro atoms. The van der Waals surface area contributed by atoms with E-state index in [0.29, 0.717) is 5.92 Å². The Balaban J connectivity index is 0.00000324. The van der Waals surface area contributed by atoms with Crippen molar-refractivity contribution in [1.29, 1.82) is 0 Å². The van der Waals surface area contributed by atoms with Gasteiger partial charge in [0, 0.05) is 39.7 Å². The summed E-state index contributed by atoms with van der Waals surface area (Å²) in [5.41, 5.74) is 0. The van der Waals surface area contributed by atoms with Gasteiger partial charge in [-0.1, -0.05) is 0 Å². The molecule has 19 heavy (non-hydrogen) atoms. The van der Waals surface area contributed by atoms with Crippen LogP contribution in [0.3, 0.4) is 0 Å². The molecule has 1 N–H and O–H groups in total. The number of halogens is 1. The third-order valence-electron chi connectivity index (χ3n) is 3.19. The quantitative estimate of drug-likeness (QED) is 0.308. The van der Waals surface area contributed by atoms with Gasteiger partial charge in [-0.2, -0.15) is 11.8 Å². The van der Waals surface area contributed by atoms with Gasteiger partial charge in [0.25, 0.3) is 0 Å². The highest BCUT2D eigenvalue weighted by atomic mass is 127. The maximum absolute atomic E-state index is 5.41. The lowest BCUT2D eigenvalue weighted by Gasteiger charge is -2.24. The van der Waals surface area contributed by atoms with Crippen molar-refractivity contribution >= 4 is 41.7 Å². The van der Waals surface area contributed by atoms with E-state index in [-0.39, 0.29) is 24.0 Å². The van der Waals surface area contributed by atoms with Gasteiger partial charge in [0.15, 0.2) is 5.96 Å². The van der Waals surface area contributed by atoms with Gasteiger partial charge in [-0.15, -0.1) is 24.0 Å². The second kappa shape index (κ2) is 12.1. The standard InChI is InChI=1S/C13H27N3OS.HI/c1-14-13(15-7-4-5-9-18-3)16(2)10-12-6-8-17-11-12;/h12H,4-11H2,1-3H3,(H,14,15);1H. The predicted octanol–water partition coefficient (Wildman–Crippen LogP) is 2.29. The molecule has 0 radical (unpaired) electrons. The van der Waals surface area contributed by atoms with Crippen LogP contribution in [0.4, 0.5) is 0 Å². The molecule has 0 bridgehead atoms. The van der Waals surface area contributed by atoms with Gasteiger partial charge in [0.2, 0.25) is 0 Å². The SMILES string of the molecule is CN=C(NCCCCSC)N(C)CC1CCOC1.I. The molecule has 1 heterocycles. The van der Waals surface area contributed by atoms with E-state index < -0.39 is 0 Å². The molecule has 6 heteroatoms. The van der Waals surface area contributed by atoms with Crippen LogP contribution in [-0.4, -0.2) is 63.3 Å². The Kier molecular flexibility index (Phi) is 12.3. The van der Waals surface area contributed by atoms with E-state index in [1.54, 1.807) is 0 Å². The van der Waals surface area contributed by atoms with E-state index in [1.165, 1.54) is 25.0 Å². The van der Waals surface area contributed by atoms with Crippen LogP contribution in [0.2, 0.25) is 0 Å². The summed E-state index contributed by atoms with van der Waals surface area (Å²) in [5, 5.41) is 3.43. The van der Waals surface area contributed by atoms with Crippen LogP contribution in [-0.2, 0) is 4.74 Å². The highest BCUT2D eigenvalue weighted by molar-refractivity contribution is 14.0. The summed E-state index contributed by atoms with van der Waals surface area (Å²) in [4.78, 5) is 6.55. The molecule has 4 nitrogen and oxygen atoms in total. The average molecular weight is 401 g/mol. The number of nitrogens with zero attached hydrogens (tertiary/aromatic N) is 2. The van der Waals surface area contributed by atoms with Crippen LogP contribution in [0, 0.1) is 5.92 Å². The van der Waals surface area contributed by atoms with Crippen molar-refractivity contribution < 1.29 is 4.74 Å². The van der Waals surface area contributed by atoms with Gasteiger partial charge in [0.1, 0.15) is 0 Å². The van der Waals surface area contributed by atoms with Crippen LogP contribution >= 0.6 is 35.7 Å². The molecule has 1 saturated heterocycles. The monoisotopic (exact) mass is 401 g/mol. The molecule has 1 aliphatic rings. The van der Waals surface area contributed by atoms with E-state index in [0.717, 1.165) is 32.3 Å². The fraction of sp³-hybridized carbons (Fsp3) is 0.923. The topological polar surface area (TPSA) is 36.9 Å². The molecule has 1 aliphatic heterocycles. The summed E-state index contributed by atoms with van der Waals surface area (Å²) in [7, 11) is 3.96. The first-order chi connectivity index (χ1) is 8.77. The van der Waals surface area contributed by atoms with Crippen molar-refractivity contribution in [3.63, 3.8) is 0 Å². The number of hydrogen-bond donors (Lipinski definition) is 1.